The van der Waals surface area contributed by atoms with Crippen molar-refractivity contribution in [1.82, 2.24) is 20.0 Å². The van der Waals surface area contributed by atoms with Crippen LogP contribution >= 0.6 is 23.1 Å². The minimum atomic E-state index is -0.423. The summed E-state index contributed by atoms with van der Waals surface area (Å²) in [5.41, 5.74) is 1.73. The average molecular weight is 370 g/mol. The molecule has 3 rings (SSSR count). The molecule has 9 heteroatoms. The number of hydrogen-bond donors (Lipinski definition) is 1. The highest BCUT2D eigenvalue weighted by Crippen LogP contribution is 2.28. The van der Waals surface area contributed by atoms with E-state index in [0.29, 0.717) is 10.7 Å². The number of nitrogens with one attached hydrogen (secondary N) is 1. The minimum Gasteiger partial charge on any atom is -0.299 e. The molecule has 2 heterocycles. The van der Waals surface area contributed by atoms with Crippen molar-refractivity contribution in [2.75, 3.05) is 5.32 Å². The molecule has 0 saturated heterocycles. The van der Waals surface area contributed by atoms with Crippen LogP contribution < -0.4 is 5.32 Å². The van der Waals surface area contributed by atoms with Crippen molar-refractivity contribution in [2.45, 2.75) is 23.1 Å². The number of anilines is 1. The molecule has 3 aromatic rings. The van der Waals surface area contributed by atoms with Crippen molar-refractivity contribution in [3.63, 3.8) is 0 Å². The van der Waals surface area contributed by atoms with Gasteiger partial charge in [0.1, 0.15) is 6.04 Å². The molecule has 1 N–H and O–H groups in total. The van der Waals surface area contributed by atoms with Crippen molar-refractivity contribution >= 4 is 34.1 Å². The first-order valence-electron chi connectivity index (χ1n) is 7.41. The van der Waals surface area contributed by atoms with E-state index >= 15 is 0 Å². The zero-order valence-corrected chi connectivity index (χ0v) is 14.9. The summed E-state index contributed by atoms with van der Waals surface area (Å²) in [6, 6.07) is 10.9. The molecule has 0 aliphatic rings. The fraction of sp³-hybridized carbons (Fsp3) is 0.188. The molecule has 1 atom stereocenters. The Labute approximate surface area is 152 Å². The molecule has 0 saturated carbocycles. The molecule has 0 radical (unpaired) electrons. The first-order chi connectivity index (χ1) is 12.2. The lowest BCUT2D eigenvalue weighted by Gasteiger charge is -2.10. The van der Waals surface area contributed by atoms with E-state index in [2.05, 4.69) is 26.7 Å². The quantitative estimate of drug-likeness (QED) is 0.529. The van der Waals surface area contributed by atoms with Crippen molar-refractivity contribution in [2.24, 2.45) is 0 Å². The number of nitrogens with zero attached hydrogens (tertiary/aromatic N) is 5. The molecule has 25 heavy (non-hydrogen) atoms. The number of aromatic nitrogens is 4. The second kappa shape index (κ2) is 7.92. The van der Waals surface area contributed by atoms with Crippen LogP contribution in [0, 0.1) is 11.3 Å². The summed E-state index contributed by atoms with van der Waals surface area (Å²) < 4.78 is 2.35. The highest BCUT2D eigenvalue weighted by Gasteiger charge is 2.17. The van der Waals surface area contributed by atoms with Gasteiger partial charge in [-0.2, -0.15) is 10.4 Å². The molecular weight excluding hydrogens is 356 g/mol. The first kappa shape index (κ1) is 17.1. The van der Waals surface area contributed by atoms with E-state index in [4.69, 9.17) is 5.26 Å². The predicted octanol–water partition coefficient (Wildman–Crippen LogP) is 3.10. The summed E-state index contributed by atoms with van der Waals surface area (Å²) in [7, 11) is 0. The normalized spacial score (nSPS) is 11.7. The molecule has 0 spiro atoms. The largest absolute Gasteiger partial charge is 0.299 e. The van der Waals surface area contributed by atoms with Crippen LogP contribution in [0.15, 0.2) is 47.1 Å². The maximum Gasteiger partial charge on any atom is 0.250 e. The van der Waals surface area contributed by atoms with Crippen LogP contribution in [-0.4, -0.2) is 25.9 Å². The van der Waals surface area contributed by atoms with Gasteiger partial charge in [0.25, 0.3) is 5.91 Å². The Balaban J connectivity index is 1.55. The Hall–Kier alpha value is -2.70. The van der Waals surface area contributed by atoms with Crippen LogP contribution in [-0.2, 0) is 10.5 Å². The third-order valence-electron chi connectivity index (χ3n) is 3.38. The van der Waals surface area contributed by atoms with E-state index in [0.717, 1.165) is 15.7 Å². The van der Waals surface area contributed by atoms with E-state index < -0.39 is 6.04 Å². The highest BCUT2D eigenvalue weighted by atomic mass is 32.2. The lowest BCUT2D eigenvalue weighted by Crippen LogP contribution is -2.23. The molecule has 0 aliphatic carbocycles. The number of nitriles is 1. The van der Waals surface area contributed by atoms with Crippen LogP contribution in [0.2, 0.25) is 0 Å². The number of thioether (sulfide) groups is 1. The van der Waals surface area contributed by atoms with Gasteiger partial charge in [0, 0.05) is 18.1 Å². The van der Waals surface area contributed by atoms with Crippen molar-refractivity contribution in [1.29, 1.82) is 5.26 Å². The third kappa shape index (κ3) is 4.43. The topological polar surface area (TPSA) is 96.5 Å². The number of carbonyl (C=O) groups is 1. The van der Waals surface area contributed by atoms with E-state index in [9.17, 15) is 4.79 Å². The van der Waals surface area contributed by atoms with Crippen LogP contribution in [0.4, 0.5) is 5.13 Å². The maximum absolute atomic E-state index is 12.2. The van der Waals surface area contributed by atoms with Crippen molar-refractivity contribution < 1.29 is 4.79 Å². The number of benzene rings is 1. The van der Waals surface area contributed by atoms with Gasteiger partial charge in [0.05, 0.1) is 11.6 Å². The zero-order chi connectivity index (χ0) is 17.6. The van der Waals surface area contributed by atoms with Gasteiger partial charge in [0.2, 0.25) is 5.13 Å². The summed E-state index contributed by atoms with van der Waals surface area (Å²) >= 11 is 2.86. The zero-order valence-electron chi connectivity index (χ0n) is 13.3. The van der Waals surface area contributed by atoms with E-state index in [1.54, 1.807) is 42.2 Å². The Morgan fingerprint density at radius 2 is 2.20 bits per heavy atom. The lowest BCUT2D eigenvalue weighted by atomic mass is 10.2. The standard InChI is InChI=1S/C16H14N6OS2/c1-11(22-8-2-7-18-22)14(23)19-15-20-21-16(25-15)24-10-13-5-3-12(9-17)4-6-13/h2-8,11H,10H2,1H3,(H,19,20,23). The molecule has 0 bridgehead atoms. The molecule has 2 aromatic heterocycles. The van der Waals surface area contributed by atoms with E-state index in [1.807, 2.05) is 12.1 Å². The number of rotatable bonds is 6. The smallest absolute Gasteiger partial charge is 0.250 e. The van der Waals surface area contributed by atoms with Gasteiger partial charge in [-0.05, 0) is 30.7 Å². The second-order valence-corrected chi connectivity index (χ2v) is 7.32. The molecule has 1 aromatic carbocycles. The fourth-order valence-corrected chi connectivity index (χ4v) is 3.69. The predicted molar refractivity (Wildman–Crippen MR) is 96.2 cm³/mol. The van der Waals surface area contributed by atoms with Gasteiger partial charge >= 0.3 is 0 Å². The van der Waals surface area contributed by atoms with Crippen LogP contribution in [0.1, 0.15) is 24.1 Å². The number of hydrogen-bond acceptors (Lipinski definition) is 7. The van der Waals surface area contributed by atoms with Gasteiger partial charge in [-0.3, -0.25) is 14.8 Å². The van der Waals surface area contributed by atoms with Gasteiger partial charge in [-0.1, -0.05) is 35.2 Å². The molecule has 7 nitrogen and oxygen atoms in total. The molecule has 1 unspecified atom stereocenters. The van der Waals surface area contributed by atoms with Gasteiger partial charge in [-0.15, -0.1) is 10.2 Å². The molecular formula is C16H14N6OS2. The second-order valence-electron chi connectivity index (χ2n) is 5.12. The summed E-state index contributed by atoms with van der Waals surface area (Å²) in [6.07, 6.45) is 3.37. The summed E-state index contributed by atoms with van der Waals surface area (Å²) in [6.45, 7) is 1.77. The molecule has 126 valence electrons. The molecule has 1 amide bonds. The summed E-state index contributed by atoms with van der Waals surface area (Å²) in [5, 5.41) is 24.2. The van der Waals surface area contributed by atoms with Crippen LogP contribution in [0.5, 0.6) is 0 Å². The first-order valence-corrected chi connectivity index (χ1v) is 9.21. The Morgan fingerprint density at radius 1 is 1.40 bits per heavy atom. The average Bonchev–Trinajstić information content (AvgIpc) is 3.32. The number of amides is 1. The molecule has 0 aliphatic heterocycles. The SMILES string of the molecule is CC(C(=O)Nc1nnc(SCc2ccc(C#N)cc2)s1)n1cccn1. The minimum absolute atomic E-state index is 0.191. The van der Waals surface area contributed by atoms with Gasteiger partial charge < -0.3 is 0 Å². The fourth-order valence-electron chi connectivity index (χ4n) is 1.98. The Kier molecular flexibility index (Phi) is 5.42. The van der Waals surface area contributed by atoms with Crippen molar-refractivity contribution in [3.8, 4) is 6.07 Å². The van der Waals surface area contributed by atoms with Crippen LogP contribution in [0.25, 0.3) is 0 Å². The summed E-state index contributed by atoms with van der Waals surface area (Å²) in [5.74, 6) is 0.529. The lowest BCUT2D eigenvalue weighted by molar-refractivity contribution is -0.119. The van der Waals surface area contributed by atoms with Gasteiger partial charge in [0.15, 0.2) is 4.34 Å². The van der Waals surface area contributed by atoms with E-state index in [-0.39, 0.29) is 5.91 Å². The Bertz CT molecular complexity index is 882. The van der Waals surface area contributed by atoms with E-state index in [1.165, 1.54) is 23.1 Å². The number of carbonyl (C=O) groups excluding carboxylic acids is 1. The Morgan fingerprint density at radius 3 is 2.88 bits per heavy atom. The highest BCUT2D eigenvalue weighted by molar-refractivity contribution is 8.00. The molecule has 0 fully saturated rings. The van der Waals surface area contributed by atoms with Gasteiger partial charge in [-0.25, -0.2) is 0 Å². The van der Waals surface area contributed by atoms with Crippen LogP contribution in [0.3, 0.4) is 0 Å². The van der Waals surface area contributed by atoms with Crippen molar-refractivity contribution in [3.05, 3.63) is 53.9 Å². The summed E-state index contributed by atoms with van der Waals surface area (Å²) in [4.78, 5) is 12.2. The monoisotopic (exact) mass is 370 g/mol. The third-order valence-corrected chi connectivity index (χ3v) is 5.43. The maximum atomic E-state index is 12.2.